The van der Waals surface area contributed by atoms with Crippen LogP contribution in [0, 0.1) is 0 Å². The van der Waals surface area contributed by atoms with Gasteiger partial charge in [0.05, 0.1) is 5.56 Å². The fourth-order valence-corrected chi connectivity index (χ4v) is 6.58. The number of nitrogens with one attached hydrogen (secondary N) is 1. The minimum atomic E-state index is -1.47. The number of rotatable bonds is 9. The third-order valence-electron chi connectivity index (χ3n) is 7.69. The Kier molecular flexibility index (Phi) is 9.25. The van der Waals surface area contributed by atoms with Crippen LogP contribution in [0.25, 0.3) is 0 Å². The highest BCUT2D eigenvalue weighted by Crippen LogP contribution is 2.57. The number of esters is 3. The van der Waals surface area contributed by atoms with Crippen LogP contribution in [0.15, 0.2) is 78.9 Å². The van der Waals surface area contributed by atoms with E-state index in [1.165, 1.54) is 43.8 Å². The largest absolute Gasteiger partial charge is 0.456 e. The summed E-state index contributed by atoms with van der Waals surface area (Å²) in [5.41, 5.74) is 1.35. The fourth-order valence-electron chi connectivity index (χ4n) is 5.64. The van der Waals surface area contributed by atoms with Gasteiger partial charge in [-0.25, -0.2) is 4.79 Å². The molecule has 244 valence electrons. The zero-order valence-electron chi connectivity index (χ0n) is 25.8. The number of hydrogen-bond donors (Lipinski definition) is 1. The molecule has 2 heterocycles. The molecule has 0 aliphatic carbocycles. The van der Waals surface area contributed by atoms with Gasteiger partial charge in [-0.1, -0.05) is 41.6 Å². The van der Waals surface area contributed by atoms with Crippen LogP contribution in [0.5, 0.6) is 23.0 Å². The van der Waals surface area contributed by atoms with Gasteiger partial charge in [0.2, 0.25) is 0 Å². The van der Waals surface area contributed by atoms with Gasteiger partial charge in [-0.05, 0) is 60.5 Å². The Morgan fingerprint density at radius 3 is 2.02 bits per heavy atom. The first kappa shape index (κ1) is 32.8. The summed E-state index contributed by atoms with van der Waals surface area (Å²) < 4.78 is 22.8. The van der Waals surface area contributed by atoms with Crippen LogP contribution >= 0.6 is 23.4 Å². The van der Waals surface area contributed by atoms with Crippen molar-refractivity contribution in [2.24, 2.45) is 0 Å². The lowest BCUT2D eigenvalue weighted by Crippen LogP contribution is -2.33. The monoisotopic (exact) mass is 685 g/mol. The molecule has 48 heavy (non-hydrogen) atoms. The van der Waals surface area contributed by atoms with Crippen LogP contribution < -0.4 is 19.5 Å². The van der Waals surface area contributed by atoms with E-state index in [1.807, 2.05) is 12.1 Å². The normalized spacial score (nSPS) is 13.4. The molecule has 0 bridgehead atoms. The summed E-state index contributed by atoms with van der Waals surface area (Å²) in [7, 11) is 0. The summed E-state index contributed by atoms with van der Waals surface area (Å²) in [6, 6.07) is 21.5. The van der Waals surface area contributed by atoms with E-state index in [0.717, 1.165) is 5.56 Å². The Morgan fingerprint density at radius 1 is 0.812 bits per heavy atom. The van der Waals surface area contributed by atoms with E-state index in [0.29, 0.717) is 33.9 Å². The van der Waals surface area contributed by atoms with Crippen molar-refractivity contribution in [2.45, 2.75) is 38.0 Å². The highest BCUT2D eigenvalue weighted by molar-refractivity contribution is 8.12. The molecule has 0 saturated heterocycles. The maximum absolute atomic E-state index is 13.5. The lowest BCUT2D eigenvalue weighted by atomic mass is 9.77. The van der Waals surface area contributed by atoms with Crippen molar-refractivity contribution in [3.63, 3.8) is 0 Å². The molecular formula is C36H28ClNO9S. The highest BCUT2D eigenvalue weighted by Gasteiger charge is 2.54. The molecule has 0 radical (unpaired) electrons. The van der Waals surface area contributed by atoms with E-state index < -0.39 is 29.4 Å². The van der Waals surface area contributed by atoms with Gasteiger partial charge in [-0.3, -0.25) is 19.2 Å². The second-order valence-electron chi connectivity index (χ2n) is 11.1. The first-order valence-electron chi connectivity index (χ1n) is 14.9. The van der Waals surface area contributed by atoms with E-state index in [1.54, 1.807) is 48.5 Å². The molecule has 0 unspecified atom stereocenters. The van der Waals surface area contributed by atoms with Crippen molar-refractivity contribution in [1.29, 1.82) is 0 Å². The van der Waals surface area contributed by atoms with Crippen molar-refractivity contribution in [1.82, 2.24) is 5.32 Å². The van der Waals surface area contributed by atoms with Gasteiger partial charge in [-0.2, -0.15) is 0 Å². The molecule has 10 nitrogen and oxygen atoms in total. The zero-order valence-corrected chi connectivity index (χ0v) is 27.4. The molecule has 4 aromatic rings. The van der Waals surface area contributed by atoms with E-state index >= 15 is 0 Å². The standard InChI is InChI=1S/C36H28ClNO9S/c1-20(39)44-25-10-13-29-31(17-25)46-32-18-26(45-21(2)40)11-14-30(32)36(29)28-12-7-23(16-27(28)35(43)47-36)34(42)38-15-3-4-33(41)48-19-22-5-8-24(37)9-6-22/h5-14,16-18H,3-4,15,19H2,1-2H3,(H,38,42). The number of thioether (sulfide) groups is 1. The third kappa shape index (κ3) is 6.65. The van der Waals surface area contributed by atoms with Crippen LogP contribution in [-0.2, 0) is 30.5 Å². The Balaban J connectivity index is 1.21. The lowest BCUT2D eigenvalue weighted by molar-refractivity contribution is -0.132. The topological polar surface area (TPSA) is 134 Å². The highest BCUT2D eigenvalue weighted by atomic mass is 35.5. The second-order valence-corrected chi connectivity index (χ2v) is 12.6. The molecule has 0 saturated carbocycles. The van der Waals surface area contributed by atoms with Crippen molar-refractivity contribution in [3.05, 3.63) is 117 Å². The predicted octanol–water partition coefficient (Wildman–Crippen LogP) is 6.73. The minimum Gasteiger partial charge on any atom is -0.456 e. The molecule has 1 amide bonds. The molecule has 0 aromatic heterocycles. The number of hydrogen-bond acceptors (Lipinski definition) is 10. The SMILES string of the molecule is CC(=O)Oc1ccc2c(c1)Oc1cc(OC(C)=O)ccc1C21OC(=O)c2cc(C(=O)NCCCC(=O)SCc3ccc(Cl)cc3)ccc21. The molecule has 0 fully saturated rings. The Labute approximate surface area is 284 Å². The van der Waals surface area contributed by atoms with Gasteiger partial charge in [0, 0.05) is 72.0 Å². The molecule has 2 aliphatic rings. The number of ether oxygens (including phenoxy) is 4. The maximum atomic E-state index is 13.5. The Hall–Kier alpha value is -5.13. The van der Waals surface area contributed by atoms with Crippen molar-refractivity contribution in [3.8, 4) is 23.0 Å². The molecule has 0 atom stereocenters. The number of benzene rings is 4. The number of carbonyl (C=O) groups excluding carboxylic acids is 5. The van der Waals surface area contributed by atoms with Gasteiger partial charge in [0.25, 0.3) is 5.91 Å². The lowest BCUT2D eigenvalue weighted by Gasteiger charge is -2.36. The predicted molar refractivity (Wildman–Crippen MR) is 177 cm³/mol. The van der Waals surface area contributed by atoms with E-state index in [-0.39, 0.29) is 52.2 Å². The summed E-state index contributed by atoms with van der Waals surface area (Å²) in [5, 5.41) is 3.47. The van der Waals surface area contributed by atoms with Crippen molar-refractivity contribution >= 4 is 52.3 Å². The quantitative estimate of drug-likeness (QED) is 0.115. The van der Waals surface area contributed by atoms with Crippen LogP contribution in [0.3, 0.4) is 0 Å². The van der Waals surface area contributed by atoms with Gasteiger partial charge in [0.1, 0.15) is 23.0 Å². The summed E-state index contributed by atoms with van der Waals surface area (Å²) in [4.78, 5) is 62.2. The van der Waals surface area contributed by atoms with Crippen molar-refractivity contribution in [2.75, 3.05) is 6.54 Å². The molecule has 1 spiro atoms. The minimum absolute atomic E-state index is 0.0155. The molecule has 4 aromatic carbocycles. The van der Waals surface area contributed by atoms with Gasteiger partial charge in [-0.15, -0.1) is 0 Å². The molecule has 6 rings (SSSR count). The second kappa shape index (κ2) is 13.5. The van der Waals surface area contributed by atoms with Crippen LogP contribution in [0.2, 0.25) is 5.02 Å². The molecular weight excluding hydrogens is 658 g/mol. The molecule has 1 N–H and O–H groups in total. The summed E-state index contributed by atoms with van der Waals surface area (Å²) in [6.07, 6.45) is 0.739. The summed E-state index contributed by atoms with van der Waals surface area (Å²) in [5.74, 6) is -0.635. The third-order valence-corrected chi connectivity index (χ3v) is 8.95. The van der Waals surface area contributed by atoms with E-state index in [4.69, 9.17) is 30.5 Å². The average Bonchev–Trinajstić information content (AvgIpc) is 3.33. The zero-order chi connectivity index (χ0) is 34.0. The van der Waals surface area contributed by atoms with Gasteiger partial charge in [0.15, 0.2) is 10.7 Å². The Morgan fingerprint density at radius 2 is 1.42 bits per heavy atom. The number of carbonyl (C=O) groups is 5. The number of fused-ring (bicyclic) bond motifs is 6. The number of halogens is 1. The Bertz CT molecular complexity index is 1910. The first-order valence-corrected chi connectivity index (χ1v) is 16.3. The fraction of sp³-hybridized carbons (Fsp3) is 0.194. The first-order chi connectivity index (χ1) is 23.0. The van der Waals surface area contributed by atoms with Crippen LogP contribution in [-0.4, -0.2) is 35.5 Å². The summed E-state index contributed by atoms with van der Waals surface area (Å²) >= 11 is 7.12. The summed E-state index contributed by atoms with van der Waals surface area (Å²) in [6.45, 7) is 2.81. The van der Waals surface area contributed by atoms with Gasteiger partial charge < -0.3 is 24.3 Å². The van der Waals surface area contributed by atoms with E-state index in [9.17, 15) is 24.0 Å². The smallest absolute Gasteiger partial charge is 0.340 e. The molecule has 12 heteroatoms. The van der Waals surface area contributed by atoms with Crippen LogP contribution in [0.4, 0.5) is 0 Å². The average molecular weight is 686 g/mol. The van der Waals surface area contributed by atoms with Gasteiger partial charge >= 0.3 is 17.9 Å². The maximum Gasteiger partial charge on any atom is 0.340 e. The van der Waals surface area contributed by atoms with E-state index in [2.05, 4.69) is 5.32 Å². The van der Waals surface area contributed by atoms with Crippen molar-refractivity contribution < 1.29 is 42.9 Å². The number of amides is 1. The van der Waals surface area contributed by atoms with Crippen LogP contribution in [0.1, 0.15) is 69.7 Å². The molecule has 2 aliphatic heterocycles.